The number of hydrogen-bond donors (Lipinski definition) is 3. The standard InChI is InChI=1S/C50H95NO5S/c1-3-5-7-9-11-13-15-17-19-21-23-25-27-29-31-33-35-37-39-41-43-45-49(52)48(47-57(54,55)56)51-50(53)46-44-42-40-38-36-34-32-30-28-26-24-22-20-18-16-14-12-10-8-6-4-2/h16,18,22,24,43,45,48-49,52H,3-15,17,19-21,23,25-42,44,46-47H2,1-2H3,(H,51,53)(H,54,55,56)/b18-16-,24-22-,45-43+. The first-order valence-electron chi connectivity index (χ1n) is 24.7. The fourth-order valence-electron chi connectivity index (χ4n) is 7.60. The number of nitrogens with one attached hydrogen (secondary N) is 1. The molecular formula is C50H95NO5S. The van der Waals surface area contributed by atoms with Gasteiger partial charge in [-0.1, -0.05) is 237 Å². The Morgan fingerprint density at radius 1 is 0.474 bits per heavy atom. The zero-order valence-corrected chi connectivity index (χ0v) is 38.5. The summed E-state index contributed by atoms with van der Waals surface area (Å²) in [7, 11) is -4.35. The second kappa shape index (κ2) is 44.1. The zero-order valence-electron chi connectivity index (χ0n) is 37.7. The minimum atomic E-state index is -4.35. The van der Waals surface area contributed by atoms with Gasteiger partial charge in [0, 0.05) is 6.42 Å². The van der Waals surface area contributed by atoms with E-state index in [1.807, 2.05) is 6.08 Å². The van der Waals surface area contributed by atoms with Gasteiger partial charge in [-0.15, -0.1) is 0 Å². The number of amides is 1. The molecule has 0 saturated carbocycles. The van der Waals surface area contributed by atoms with Crippen molar-refractivity contribution in [2.24, 2.45) is 0 Å². The summed E-state index contributed by atoms with van der Waals surface area (Å²) < 4.78 is 32.7. The van der Waals surface area contributed by atoms with E-state index in [9.17, 15) is 22.9 Å². The Morgan fingerprint density at radius 3 is 1.14 bits per heavy atom. The topological polar surface area (TPSA) is 104 Å². The van der Waals surface area contributed by atoms with Gasteiger partial charge in [-0.25, -0.2) is 0 Å². The van der Waals surface area contributed by atoms with E-state index in [0.717, 1.165) is 44.9 Å². The maximum Gasteiger partial charge on any atom is 0.267 e. The molecule has 3 N–H and O–H groups in total. The third-order valence-electron chi connectivity index (χ3n) is 11.3. The lowest BCUT2D eigenvalue weighted by atomic mass is 10.0. The van der Waals surface area contributed by atoms with Crippen LogP contribution in [0.4, 0.5) is 0 Å². The Hall–Kier alpha value is -1.44. The predicted octanol–water partition coefficient (Wildman–Crippen LogP) is 15.3. The van der Waals surface area contributed by atoms with Gasteiger partial charge in [0.1, 0.15) is 0 Å². The van der Waals surface area contributed by atoms with E-state index in [2.05, 4.69) is 43.5 Å². The van der Waals surface area contributed by atoms with E-state index in [1.54, 1.807) is 6.08 Å². The number of hydrogen-bond acceptors (Lipinski definition) is 4. The van der Waals surface area contributed by atoms with Gasteiger partial charge in [0.05, 0.1) is 17.9 Å². The van der Waals surface area contributed by atoms with Crippen molar-refractivity contribution in [3.8, 4) is 0 Å². The summed E-state index contributed by atoms with van der Waals surface area (Å²) in [4.78, 5) is 12.6. The average Bonchev–Trinajstić information content (AvgIpc) is 3.18. The zero-order chi connectivity index (χ0) is 41.8. The molecule has 0 aliphatic carbocycles. The summed E-state index contributed by atoms with van der Waals surface area (Å²) in [6, 6.07) is -1.06. The summed E-state index contributed by atoms with van der Waals surface area (Å²) in [5.74, 6) is -0.978. The van der Waals surface area contributed by atoms with Gasteiger partial charge in [0.15, 0.2) is 0 Å². The largest absolute Gasteiger partial charge is 0.387 e. The van der Waals surface area contributed by atoms with Crippen LogP contribution < -0.4 is 5.32 Å². The molecule has 6 nitrogen and oxygen atoms in total. The lowest BCUT2D eigenvalue weighted by Crippen LogP contribution is -2.46. The van der Waals surface area contributed by atoms with Crippen LogP contribution in [-0.4, -0.2) is 41.9 Å². The van der Waals surface area contributed by atoms with E-state index in [0.29, 0.717) is 6.42 Å². The van der Waals surface area contributed by atoms with Crippen LogP contribution in [0.3, 0.4) is 0 Å². The molecule has 0 saturated heterocycles. The van der Waals surface area contributed by atoms with E-state index in [-0.39, 0.29) is 5.91 Å². The van der Waals surface area contributed by atoms with E-state index >= 15 is 0 Å². The monoisotopic (exact) mass is 822 g/mol. The smallest absolute Gasteiger partial charge is 0.267 e. The molecule has 1 amide bonds. The summed E-state index contributed by atoms with van der Waals surface area (Å²) in [6.07, 6.45) is 58.6. The second-order valence-corrected chi connectivity index (χ2v) is 18.6. The fourth-order valence-corrected chi connectivity index (χ4v) is 8.33. The molecule has 7 heteroatoms. The number of rotatable bonds is 45. The normalized spacial score (nSPS) is 13.4. The molecule has 0 aromatic carbocycles. The molecule has 0 radical (unpaired) electrons. The highest BCUT2D eigenvalue weighted by atomic mass is 32.2. The second-order valence-electron chi connectivity index (χ2n) is 17.1. The highest BCUT2D eigenvalue weighted by Gasteiger charge is 2.24. The average molecular weight is 822 g/mol. The van der Waals surface area contributed by atoms with Gasteiger partial charge in [0.2, 0.25) is 5.91 Å². The maximum absolute atomic E-state index is 12.6. The predicted molar refractivity (Wildman–Crippen MR) is 249 cm³/mol. The molecule has 0 aliphatic rings. The van der Waals surface area contributed by atoms with Crippen LogP contribution >= 0.6 is 0 Å². The summed E-state index contributed by atoms with van der Waals surface area (Å²) in [6.45, 7) is 4.54. The lowest BCUT2D eigenvalue weighted by Gasteiger charge is -2.21. The van der Waals surface area contributed by atoms with Gasteiger partial charge in [-0.3, -0.25) is 9.35 Å². The number of unbranched alkanes of at least 4 members (excludes halogenated alkanes) is 33. The minimum absolute atomic E-state index is 0.280. The Kier molecular flexibility index (Phi) is 43.0. The first-order chi connectivity index (χ1) is 27.8. The molecule has 0 heterocycles. The third-order valence-corrected chi connectivity index (χ3v) is 12.1. The van der Waals surface area contributed by atoms with Crippen LogP contribution in [0, 0.1) is 0 Å². The van der Waals surface area contributed by atoms with Crippen molar-refractivity contribution in [1.29, 1.82) is 0 Å². The molecule has 0 rings (SSSR count). The van der Waals surface area contributed by atoms with Gasteiger partial charge < -0.3 is 10.4 Å². The molecule has 0 spiro atoms. The highest BCUT2D eigenvalue weighted by molar-refractivity contribution is 7.85. The van der Waals surface area contributed by atoms with Crippen molar-refractivity contribution in [1.82, 2.24) is 5.32 Å². The van der Waals surface area contributed by atoms with Crippen molar-refractivity contribution in [3.05, 3.63) is 36.5 Å². The molecule has 0 fully saturated rings. The molecule has 0 bridgehead atoms. The van der Waals surface area contributed by atoms with E-state index in [1.165, 1.54) is 193 Å². The number of carbonyl (C=O) groups excluding carboxylic acids is 1. The van der Waals surface area contributed by atoms with Crippen LogP contribution in [-0.2, 0) is 14.9 Å². The van der Waals surface area contributed by atoms with Gasteiger partial charge in [-0.2, -0.15) is 8.42 Å². The number of allylic oxidation sites excluding steroid dienone is 5. The summed E-state index contributed by atoms with van der Waals surface area (Å²) in [5, 5.41) is 13.3. The minimum Gasteiger partial charge on any atom is -0.387 e. The summed E-state index contributed by atoms with van der Waals surface area (Å²) in [5.41, 5.74) is 0. The van der Waals surface area contributed by atoms with Gasteiger partial charge >= 0.3 is 0 Å². The van der Waals surface area contributed by atoms with Crippen molar-refractivity contribution in [2.75, 3.05) is 5.75 Å². The Morgan fingerprint density at radius 2 is 0.789 bits per heavy atom. The van der Waals surface area contributed by atoms with Crippen LogP contribution in [0.25, 0.3) is 0 Å². The van der Waals surface area contributed by atoms with E-state index in [4.69, 9.17) is 0 Å². The van der Waals surface area contributed by atoms with Crippen molar-refractivity contribution >= 4 is 16.0 Å². The van der Waals surface area contributed by atoms with Crippen LogP contribution in [0.1, 0.15) is 258 Å². The molecular weight excluding hydrogens is 727 g/mol. The molecule has 0 aromatic heterocycles. The van der Waals surface area contributed by atoms with Crippen LogP contribution in [0.2, 0.25) is 0 Å². The van der Waals surface area contributed by atoms with Gasteiger partial charge in [0.25, 0.3) is 10.1 Å². The fraction of sp³-hybridized carbons (Fsp3) is 0.860. The van der Waals surface area contributed by atoms with E-state index < -0.39 is 28.0 Å². The number of aliphatic hydroxyl groups excluding tert-OH is 1. The Bertz CT molecular complexity index is 1040. The van der Waals surface area contributed by atoms with Crippen LogP contribution in [0.15, 0.2) is 36.5 Å². The lowest BCUT2D eigenvalue weighted by molar-refractivity contribution is -0.122. The maximum atomic E-state index is 12.6. The Labute approximate surface area is 355 Å². The molecule has 2 unspecified atom stereocenters. The van der Waals surface area contributed by atoms with Crippen LogP contribution in [0.5, 0.6) is 0 Å². The molecule has 2 atom stereocenters. The third kappa shape index (κ3) is 45.5. The quantitative estimate of drug-likeness (QED) is 0.0322. The van der Waals surface area contributed by atoms with Crippen molar-refractivity contribution in [2.45, 2.75) is 270 Å². The Balaban J connectivity index is 3.82. The van der Waals surface area contributed by atoms with Gasteiger partial charge in [-0.05, 0) is 51.4 Å². The van der Waals surface area contributed by atoms with Crippen molar-refractivity contribution in [3.63, 3.8) is 0 Å². The number of carbonyl (C=O) groups is 1. The number of aliphatic hydroxyl groups is 1. The molecule has 0 aromatic rings. The van der Waals surface area contributed by atoms with Crippen molar-refractivity contribution < 1.29 is 22.9 Å². The highest BCUT2D eigenvalue weighted by Crippen LogP contribution is 2.16. The SMILES string of the molecule is CCCCCCC/C=C\C/C=C\CCCCCCCCCCCC(=O)NC(CS(=O)(=O)O)C(O)/C=C/CCCCCCCCCCCCCCCCCCCCC. The molecule has 336 valence electrons. The first-order valence-corrected chi connectivity index (χ1v) is 26.3. The summed E-state index contributed by atoms with van der Waals surface area (Å²) >= 11 is 0. The molecule has 0 aliphatic heterocycles. The first kappa shape index (κ1) is 55.6. The molecule has 57 heavy (non-hydrogen) atoms.